The topological polar surface area (TPSA) is 50.7 Å². The molecule has 0 aromatic heterocycles. The second kappa shape index (κ2) is 4.97. The zero-order valence-electron chi connectivity index (χ0n) is 9.39. The summed E-state index contributed by atoms with van der Waals surface area (Å²) in [4.78, 5) is 0. The van der Waals surface area contributed by atoms with E-state index >= 15 is 0 Å². The first kappa shape index (κ1) is 11.6. The average Bonchev–Trinajstić information content (AvgIpc) is 2.31. The van der Waals surface area contributed by atoms with Crippen LogP contribution in [-0.2, 0) is 0 Å². The van der Waals surface area contributed by atoms with E-state index in [2.05, 4.69) is 10.2 Å². The lowest BCUT2D eigenvalue weighted by Crippen LogP contribution is -1.86. The molecule has 2 rings (SSSR count). The molecule has 0 atom stereocenters. The van der Waals surface area contributed by atoms with Gasteiger partial charge in [0.1, 0.15) is 0 Å². The molecule has 0 fully saturated rings. The highest BCUT2D eigenvalue weighted by atomic mass is 35.5. The van der Waals surface area contributed by atoms with Gasteiger partial charge in [0.25, 0.3) is 0 Å². The SMILES string of the molecule is Cc1cc(N=Nc2cccc(Cl)c2)ccc1N. The normalized spacial score (nSPS) is 10.9. The number of hydrogen-bond donors (Lipinski definition) is 1. The third-order valence-electron chi connectivity index (χ3n) is 2.34. The minimum Gasteiger partial charge on any atom is -0.399 e. The summed E-state index contributed by atoms with van der Waals surface area (Å²) in [5, 5.41) is 8.89. The van der Waals surface area contributed by atoms with Gasteiger partial charge in [-0.15, -0.1) is 0 Å². The van der Waals surface area contributed by atoms with E-state index in [1.165, 1.54) is 0 Å². The predicted octanol–water partition coefficient (Wildman–Crippen LogP) is 4.65. The second-order valence-corrected chi connectivity index (χ2v) is 4.16. The van der Waals surface area contributed by atoms with Gasteiger partial charge in [0.05, 0.1) is 11.4 Å². The smallest absolute Gasteiger partial charge is 0.0871 e. The number of aryl methyl sites for hydroxylation is 1. The third kappa shape index (κ3) is 3.04. The third-order valence-corrected chi connectivity index (χ3v) is 2.58. The van der Waals surface area contributed by atoms with Crippen LogP contribution in [-0.4, -0.2) is 0 Å². The maximum Gasteiger partial charge on any atom is 0.0871 e. The molecule has 0 heterocycles. The van der Waals surface area contributed by atoms with Gasteiger partial charge in [-0.25, -0.2) is 0 Å². The van der Waals surface area contributed by atoms with E-state index in [0.717, 1.165) is 22.6 Å². The molecule has 0 aliphatic rings. The molecule has 17 heavy (non-hydrogen) atoms. The number of hydrogen-bond acceptors (Lipinski definition) is 3. The standard InChI is InChI=1S/C13H12ClN3/c1-9-7-12(5-6-13(9)15)17-16-11-4-2-3-10(14)8-11/h2-8H,15H2,1H3. The molecule has 86 valence electrons. The molecule has 0 aliphatic heterocycles. The Labute approximate surface area is 105 Å². The second-order valence-electron chi connectivity index (χ2n) is 3.72. The van der Waals surface area contributed by atoms with Crippen molar-refractivity contribution in [2.45, 2.75) is 6.92 Å². The number of anilines is 1. The van der Waals surface area contributed by atoms with Gasteiger partial charge in [-0.3, -0.25) is 0 Å². The van der Waals surface area contributed by atoms with Gasteiger partial charge in [-0.2, -0.15) is 10.2 Å². The molecule has 0 unspecified atom stereocenters. The van der Waals surface area contributed by atoms with Crippen LogP contribution in [0.25, 0.3) is 0 Å². The maximum absolute atomic E-state index is 5.85. The average molecular weight is 246 g/mol. The molecule has 2 N–H and O–H groups in total. The van der Waals surface area contributed by atoms with E-state index in [1.54, 1.807) is 12.1 Å². The molecule has 0 saturated carbocycles. The summed E-state index contributed by atoms with van der Waals surface area (Å²) in [5.41, 5.74) is 8.98. The monoisotopic (exact) mass is 245 g/mol. The number of benzene rings is 2. The van der Waals surface area contributed by atoms with Gasteiger partial charge in [0.2, 0.25) is 0 Å². The fourth-order valence-electron chi connectivity index (χ4n) is 1.38. The molecule has 4 heteroatoms. The van der Waals surface area contributed by atoms with Gasteiger partial charge in [0, 0.05) is 10.7 Å². The summed E-state index contributed by atoms with van der Waals surface area (Å²) in [6.07, 6.45) is 0. The summed E-state index contributed by atoms with van der Waals surface area (Å²) >= 11 is 5.85. The van der Waals surface area contributed by atoms with Crippen LogP contribution < -0.4 is 5.73 Å². The highest BCUT2D eigenvalue weighted by molar-refractivity contribution is 6.30. The lowest BCUT2D eigenvalue weighted by Gasteiger charge is -1.99. The summed E-state index contributed by atoms with van der Waals surface area (Å²) in [6.45, 7) is 1.94. The van der Waals surface area contributed by atoms with Crippen molar-refractivity contribution >= 4 is 28.7 Å². The van der Waals surface area contributed by atoms with Crippen molar-refractivity contribution in [3.8, 4) is 0 Å². The molecule has 0 bridgehead atoms. The largest absolute Gasteiger partial charge is 0.399 e. The Bertz CT molecular complexity index is 564. The zero-order chi connectivity index (χ0) is 12.3. The van der Waals surface area contributed by atoms with E-state index in [4.69, 9.17) is 17.3 Å². The summed E-state index contributed by atoms with van der Waals surface area (Å²) in [7, 11) is 0. The maximum atomic E-state index is 5.85. The highest BCUT2D eigenvalue weighted by Gasteiger charge is 1.95. The number of nitrogens with two attached hydrogens (primary N) is 1. The first-order valence-electron chi connectivity index (χ1n) is 5.18. The molecular formula is C13H12ClN3. The van der Waals surface area contributed by atoms with E-state index in [0.29, 0.717) is 5.02 Å². The Morgan fingerprint density at radius 3 is 2.35 bits per heavy atom. The quantitative estimate of drug-likeness (QED) is 0.608. The lowest BCUT2D eigenvalue weighted by molar-refractivity contribution is 1.22. The molecule has 2 aromatic rings. The summed E-state index contributed by atoms with van der Waals surface area (Å²) in [6, 6.07) is 12.8. The minimum atomic E-state index is 0.648. The van der Waals surface area contributed by atoms with Crippen LogP contribution in [0.5, 0.6) is 0 Å². The molecule has 0 saturated heterocycles. The summed E-state index contributed by atoms with van der Waals surface area (Å²) < 4.78 is 0. The van der Waals surface area contributed by atoms with Crippen molar-refractivity contribution in [2.24, 2.45) is 10.2 Å². The van der Waals surface area contributed by atoms with Crippen LogP contribution in [0.15, 0.2) is 52.7 Å². The van der Waals surface area contributed by atoms with Crippen LogP contribution in [0.1, 0.15) is 5.56 Å². The molecule has 0 radical (unpaired) electrons. The molecule has 3 nitrogen and oxygen atoms in total. The van der Waals surface area contributed by atoms with E-state index in [1.807, 2.05) is 37.3 Å². The van der Waals surface area contributed by atoms with Gasteiger partial charge in [-0.05, 0) is 48.9 Å². The lowest BCUT2D eigenvalue weighted by atomic mass is 10.2. The van der Waals surface area contributed by atoms with Crippen molar-refractivity contribution in [3.05, 3.63) is 53.1 Å². The van der Waals surface area contributed by atoms with Gasteiger partial charge >= 0.3 is 0 Å². The van der Waals surface area contributed by atoms with Crippen molar-refractivity contribution in [3.63, 3.8) is 0 Å². The van der Waals surface area contributed by atoms with Crippen molar-refractivity contribution < 1.29 is 0 Å². The summed E-state index contributed by atoms with van der Waals surface area (Å²) in [5.74, 6) is 0. The molecule has 0 aliphatic carbocycles. The Balaban J connectivity index is 2.23. The van der Waals surface area contributed by atoms with E-state index < -0.39 is 0 Å². The molecular weight excluding hydrogens is 234 g/mol. The Kier molecular flexibility index (Phi) is 3.40. The number of nitrogens with zero attached hydrogens (tertiary/aromatic N) is 2. The Morgan fingerprint density at radius 1 is 1.00 bits per heavy atom. The van der Waals surface area contributed by atoms with Crippen LogP contribution in [0, 0.1) is 6.92 Å². The van der Waals surface area contributed by atoms with E-state index in [-0.39, 0.29) is 0 Å². The van der Waals surface area contributed by atoms with Crippen molar-refractivity contribution in [1.29, 1.82) is 0 Å². The molecule has 2 aromatic carbocycles. The fourth-order valence-corrected chi connectivity index (χ4v) is 1.56. The Hall–Kier alpha value is -1.87. The van der Waals surface area contributed by atoms with Gasteiger partial charge in [0.15, 0.2) is 0 Å². The van der Waals surface area contributed by atoms with Crippen molar-refractivity contribution in [2.75, 3.05) is 5.73 Å². The van der Waals surface area contributed by atoms with Crippen LogP contribution in [0.3, 0.4) is 0 Å². The number of halogens is 1. The number of nitrogen functional groups attached to an aromatic ring is 1. The van der Waals surface area contributed by atoms with E-state index in [9.17, 15) is 0 Å². The highest BCUT2D eigenvalue weighted by Crippen LogP contribution is 2.23. The first-order chi connectivity index (χ1) is 8.15. The van der Waals surface area contributed by atoms with Crippen LogP contribution >= 0.6 is 11.6 Å². The molecule has 0 amide bonds. The number of azo groups is 1. The predicted molar refractivity (Wildman–Crippen MR) is 71.2 cm³/mol. The zero-order valence-corrected chi connectivity index (χ0v) is 10.1. The Morgan fingerprint density at radius 2 is 1.71 bits per heavy atom. The fraction of sp³-hybridized carbons (Fsp3) is 0.0769. The van der Waals surface area contributed by atoms with Crippen LogP contribution in [0.4, 0.5) is 17.1 Å². The number of rotatable bonds is 2. The molecule has 0 spiro atoms. The first-order valence-corrected chi connectivity index (χ1v) is 5.56. The van der Waals surface area contributed by atoms with Crippen molar-refractivity contribution in [1.82, 2.24) is 0 Å². The van der Waals surface area contributed by atoms with Crippen LogP contribution in [0.2, 0.25) is 5.02 Å². The van der Waals surface area contributed by atoms with Gasteiger partial charge < -0.3 is 5.73 Å². The van der Waals surface area contributed by atoms with Gasteiger partial charge in [-0.1, -0.05) is 17.7 Å². The minimum absolute atomic E-state index is 0.648.